The van der Waals surface area contributed by atoms with Crippen molar-refractivity contribution < 1.29 is 24.2 Å². The number of fused-ring (bicyclic) bond motifs is 1. The second-order valence-electron chi connectivity index (χ2n) is 4.68. The SMILES string of the molecule is CN(C)C(=O)OCC1=CS[C@@H]2[C@H](N)C(=O)N2C1C(=O)O. The monoisotopic (exact) mass is 301 g/mol. The summed E-state index contributed by atoms with van der Waals surface area (Å²) in [6.45, 7) is -0.174. The van der Waals surface area contributed by atoms with Crippen molar-refractivity contribution >= 4 is 29.7 Å². The molecule has 1 unspecified atom stereocenters. The molecule has 2 aliphatic heterocycles. The Kier molecular flexibility index (Phi) is 3.91. The molecule has 2 rings (SSSR count). The molecule has 0 bridgehead atoms. The molecule has 2 heterocycles. The molecule has 3 atom stereocenters. The van der Waals surface area contributed by atoms with E-state index in [1.807, 2.05) is 0 Å². The lowest BCUT2D eigenvalue weighted by atomic mass is 9.99. The van der Waals surface area contributed by atoms with Gasteiger partial charge in [-0.3, -0.25) is 4.79 Å². The molecule has 0 saturated carbocycles. The van der Waals surface area contributed by atoms with Gasteiger partial charge in [0.1, 0.15) is 18.0 Å². The molecule has 20 heavy (non-hydrogen) atoms. The fraction of sp³-hybridized carbons (Fsp3) is 0.545. The molecular weight excluding hydrogens is 286 g/mol. The highest BCUT2D eigenvalue weighted by Gasteiger charge is 2.53. The van der Waals surface area contributed by atoms with Crippen LogP contribution in [0.5, 0.6) is 0 Å². The fourth-order valence-corrected chi connectivity index (χ4v) is 3.15. The Morgan fingerprint density at radius 2 is 2.20 bits per heavy atom. The van der Waals surface area contributed by atoms with Crippen molar-refractivity contribution in [2.75, 3.05) is 20.7 Å². The van der Waals surface area contributed by atoms with Crippen molar-refractivity contribution in [2.45, 2.75) is 17.5 Å². The fourth-order valence-electron chi connectivity index (χ4n) is 2.00. The first-order valence-electron chi connectivity index (χ1n) is 5.83. The number of carboxylic acids is 1. The molecule has 0 spiro atoms. The van der Waals surface area contributed by atoms with Crippen LogP contribution in [0.25, 0.3) is 0 Å². The Hall–Kier alpha value is -1.74. The zero-order valence-electron chi connectivity index (χ0n) is 11.0. The number of thioether (sulfide) groups is 1. The molecule has 2 aliphatic rings. The molecule has 110 valence electrons. The number of nitrogens with zero attached hydrogens (tertiary/aromatic N) is 2. The van der Waals surface area contributed by atoms with Gasteiger partial charge in [0.15, 0.2) is 6.04 Å². The van der Waals surface area contributed by atoms with E-state index >= 15 is 0 Å². The van der Waals surface area contributed by atoms with Crippen LogP contribution in [-0.2, 0) is 14.3 Å². The molecule has 1 fully saturated rings. The van der Waals surface area contributed by atoms with Crippen molar-refractivity contribution in [2.24, 2.45) is 5.73 Å². The average Bonchev–Trinajstić information content (AvgIpc) is 2.42. The molecular formula is C11H15N3O5S. The van der Waals surface area contributed by atoms with E-state index in [9.17, 15) is 19.5 Å². The third kappa shape index (κ3) is 2.34. The molecule has 2 amide bonds. The van der Waals surface area contributed by atoms with Gasteiger partial charge in [-0.1, -0.05) is 0 Å². The zero-order valence-corrected chi connectivity index (χ0v) is 11.8. The molecule has 3 N–H and O–H groups in total. The third-order valence-electron chi connectivity index (χ3n) is 3.07. The Labute approximate surface area is 119 Å². The highest BCUT2D eigenvalue weighted by molar-refractivity contribution is 8.02. The lowest BCUT2D eigenvalue weighted by Gasteiger charge is -2.50. The lowest BCUT2D eigenvalue weighted by molar-refractivity contribution is -0.158. The smallest absolute Gasteiger partial charge is 0.409 e. The highest BCUT2D eigenvalue weighted by atomic mass is 32.2. The number of nitrogens with two attached hydrogens (primary N) is 1. The van der Waals surface area contributed by atoms with Gasteiger partial charge >= 0.3 is 12.1 Å². The summed E-state index contributed by atoms with van der Waals surface area (Å²) in [5.41, 5.74) is 5.98. The van der Waals surface area contributed by atoms with Gasteiger partial charge < -0.3 is 25.4 Å². The van der Waals surface area contributed by atoms with Crippen LogP contribution in [0.2, 0.25) is 0 Å². The number of aliphatic carboxylic acids is 1. The second-order valence-corrected chi connectivity index (χ2v) is 5.67. The van der Waals surface area contributed by atoms with Crippen molar-refractivity contribution in [3.05, 3.63) is 11.0 Å². The molecule has 1 saturated heterocycles. The van der Waals surface area contributed by atoms with Crippen molar-refractivity contribution in [1.82, 2.24) is 9.80 Å². The summed E-state index contributed by atoms with van der Waals surface area (Å²) in [5, 5.41) is 10.5. The lowest BCUT2D eigenvalue weighted by Crippen LogP contribution is -2.72. The van der Waals surface area contributed by atoms with E-state index in [4.69, 9.17) is 10.5 Å². The maximum absolute atomic E-state index is 11.7. The minimum Gasteiger partial charge on any atom is -0.479 e. The normalized spacial score (nSPS) is 28.1. The summed E-state index contributed by atoms with van der Waals surface area (Å²) >= 11 is 1.26. The summed E-state index contributed by atoms with van der Waals surface area (Å²) < 4.78 is 4.97. The van der Waals surface area contributed by atoms with Crippen LogP contribution in [0.15, 0.2) is 11.0 Å². The van der Waals surface area contributed by atoms with Crippen LogP contribution >= 0.6 is 11.8 Å². The molecule has 0 radical (unpaired) electrons. The van der Waals surface area contributed by atoms with Gasteiger partial charge in [-0.05, 0) is 5.41 Å². The maximum Gasteiger partial charge on any atom is 0.409 e. The van der Waals surface area contributed by atoms with Crippen molar-refractivity contribution in [1.29, 1.82) is 0 Å². The standard InChI is InChI=1S/C11H15N3O5S/c1-13(2)11(18)19-3-5-4-20-9-6(12)8(15)14(9)7(5)10(16)17/h4,6-7,9H,3,12H2,1-2H3,(H,16,17)/t6-,7?,9-/m1/s1. The maximum atomic E-state index is 11.7. The number of hydrogen-bond donors (Lipinski definition) is 2. The van der Waals surface area contributed by atoms with Crippen molar-refractivity contribution in [3.63, 3.8) is 0 Å². The van der Waals surface area contributed by atoms with Crippen LogP contribution in [-0.4, -0.2) is 71.0 Å². The van der Waals surface area contributed by atoms with Gasteiger partial charge in [-0.15, -0.1) is 11.8 Å². The second kappa shape index (κ2) is 5.33. The minimum atomic E-state index is -1.16. The minimum absolute atomic E-state index is 0.174. The average molecular weight is 301 g/mol. The predicted molar refractivity (Wildman–Crippen MR) is 70.7 cm³/mol. The number of β-lactam (4-membered cyclic amide) rings is 1. The molecule has 0 aliphatic carbocycles. The van der Waals surface area contributed by atoms with Gasteiger partial charge in [0.25, 0.3) is 0 Å². The van der Waals surface area contributed by atoms with E-state index in [0.29, 0.717) is 5.57 Å². The first kappa shape index (κ1) is 14.7. The summed E-state index contributed by atoms with van der Waals surface area (Å²) in [7, 11) is 3.05. The molecule has 0 aromatic heterocycles. The van der Waals surface area contributed by atoms with Gasteiger partial charge in [-0.2, -0.15) is 0 Å². The molecule has 0 aromatic rings. The summed E-state index contributed by atoms with van der Waals surface area (Å²) in [4.78, 5) is 36.8. The van der Waals surface area contributed by atoms with Gasteiger partial charge in [0, 0.05) is 19.7 Å². The Bertz CT molecular complexity index is 492. The van der Waals surface area contributed by atoms with Crippen LogP contribution in [0.4, 0.5) is 4.79 Å². The number of amides is 2. The summed E-state index contributed by atoms with van der Waals surface area (Å²) in [5.74, 6) is -1.57. The number of carbonyl (C=O) groups excluding carboxylic acids is 2. The zero-order chi connectivity index (χ0) is 15.0. The van der Waals surface area contributed by atoms with E-state index in [1.54, 1.807) is 5.41 Å². The van der Waals surface area contributed by atoms with Crippen LogP contribution in [0.3, 0.4) is 0 Å². The van der Waals surface area contributed by atoms with Crippen LogP contribution in [0, 0.1) is 0 Å². The third-order valence-corrected chi connectivity index (χ3v) is 4.31. The summed E-state index contributed by atoms with van der Waals surface area (Å²) in [6, 6.07) is -1.80. The van der Waals surface area contributed by atoms with E-state index in [2.05, 4.69) is 0 Å². The molecule has 8 nitrogen and oxygen atoms in total. The van der Waals surface area contributed by atoms with E-state index in [-0.39, 0.29) is 12.0 Å². The molecule has 0 aromatic carbocycles. The Morgan fingerprint density at radius 1 is 1.55 bits per heavy atom. The summed E-state index contributed by atoms with van der Waals surface area (Å²) in [6.07, 6.45) is -0.575. The largest absolute Gasteiger partial charge is 0.479 e. The van der Waals surface area contributed by atoms with Gasteiger partial charge in [-0.25, -0.2) is 9.59 Å². The van der Waals surface area contributed by atoms with Gasteiger partial charge in [0.05, 0.1) is 0 Å². The number of carbonyl (C=O) groups is 3. The number of ether oxygens (including phenoxy) is 1. The van der Waals surface area contributed by atoms with E-state index < -0.39 is 30.1 Å². The Balaban J connectivity index is 2.11. The quantitative estimate of drug-likeness (QED) is 0.660. The number of carboxylic acid groups (broad SMARTS) is 1. The van der Waals surface area contributed by atoms with Crippen molar-refractivity contribution in [3.8, 4) is 0 Å². The first-order valence-corrected chi connectivity index (χ1v) is 6.78. The van der Waals surface area contributed by atoms with Crippen LogP contribution < -0.4 is 5.73 Å². The highest BCUT2D eigenvalue weighted by Crippen LogP contribution is 2.39. The van der Waals surface area contributed by atoms with E-state index in [1.165, 1.54) is 35.7 Å². The predicted octanol–water partition coefficient (Wildman–Crippen LogP) is -0.736. The molecule has 9 heteroatoms. The van der Waals surface area contributed by atoms with Gasteiger partial charge in [0.2, 0.25) is 5.91 Å². The van der Waals surface area contributed by atoms with Crippen LogP contribution in [0.1, 0.15) is 0 Å². The van der Waals surface area contributed by atoms with E-state index in [0.717, 1.165) is 0 Å². The first-order chi connectivity index (χ1) is 9.34. The Morgan fingerprint density at radius 3 is 2.75 bits per heavy atom. The number of hydrogen-bond acceptors (Lipinski definition) is 6. The topological polar surface area (TPSA) is 113 Å². The number of rotatable bonds is 3.